The maximum absolute atomic E-state index is 13.6. The minimum atomic E-state index is -0.545. The van der Waals surface area contributed by atoms with Crippen LogP contribution in [0.5, 0.6) is 0 Å². The summed E-state index contributed by atoms with van der Waals surface area (Å²) in [6.07, 6.45) is 12.3. The molecule has 9 nitrogen and oxygen atoms in total. The van der Waals surface area contributed by atoms with Gasteiger partial charge in [0.1, 0.15) is 23.5 Å². The van der Waals surface area contributed by atoms with Crippen LogP contribution in [0.2, 0.25) is 0 Å². The maximum atomic E-state index is 13.6. The number of amides is 1. The van der Waals surface area contributed by atoms with E-state index in [4.69, 9.17) is 14.1 Å². The molecule has 1 amide bonds. The lowest BCUT2D eigenvalue weighted by Gasteiger charge is -2.33. The number of likely N-dealkylation sites (tertiary alicyclic amines) is 1. The van der Waals surface area contributed by atoms with E-state index in [1.807, 2.05) is 60.2 Å². The molecule has 0 radical (unpaired) electrons. The quantitative estimate of drug-likeness (QED) is 0.358. The molecule has 10 heteroatoms. The first kappa shape index (κ1) is 23.4. The van der Waals surface area contributed by atoms with Crippen LogP contribution >= 0.6 is 0 Å². The SMILES string of the molecule is CC(C)(C)OC(=O)N1CCCC(c2nnc3ccc(-c4c(C5C=CC(F)=CC5)nc5occn45)cn23)C1. The number of hydrogen-bond donors (Lipinski definition) is 0. The zero-order valence-corrected chi connectivity index (χ0v) is 21.1. The molecule has 1 aliphatic carbocycles. The summed E-state index contributed by atoms with van der Waals surface area (Å²) in [6.45, 7) is 6.80. The topological polar surface area (TPSA) is 90.2 Å². The van der Waals surface area contributed by atoms with Gasteiger partial charge >= 0.3 is 11.9 Å². The van der Waals surface area contributed by atoms with Gasteiger partial charge in [0, 0.05) is 42.9 Å². The Hall–Kier alpha value is -3.95. The van der Waals surface area contributed by atoms with Crippen molar-refractivity contribution in [3.8, 4) is 11.3 Å². The van der Waals surface area contributed by atoms with E-state index < -0.39 is 5.60 Å². The predicted molar refractivity (Wildman–Crippen MR) is 135 cm³/mol. The smallest absolute Gasteiger partial charge is 0.410 e. The zero-order valence-electron chi connectivity index (χ0n) is 21.1. The van der Waals surface area contributed by atoms with Crippen molar-refractivity contribution < 1.29 is 18.3 Å². The first-order chi connectivity index (χ1) is 17.8. The Morgan fingerprint density at radius 2 is 2.08 bits per heavy atom. The molecule has 5 heterocycles. The van der Waals surface area contributed by atoms with Gasteiger partial charge in [-0.05, 0) is 64.3 Å². The number of carbonyl (C=O) groups excluding carboxylic acids is 1. The van der Waals surface area contributed by atoms with E-state index in [9.17, 15) is 9.18 Å². The van der Waals surface area contributed by atoms with Crippen molar-refractivity contribution >= 4 is 17.6 Å². The van der Waals surface area contributed by atoms with Gasteiger partial charge in [0.15, 0.2) is 5.65 Å². The van der Waals surface area contributed by atoms with E-state index in [-0.39, 0.29) is 23.8 Å². The second-order valence-electron chi connectivity index (χ2n) is 10.7. The van der Waals surface area contributed by atoms with Gasteiger partial charge in [-0.25, -0.2) is 9.18 Å². The molecule has 4 aromatic heterocycles. The number of oxazole rings is 1. The highest BCUT2D eigenvalue weighted by atomic mass is 19.1. The molecule has 4 aromatic rings. The van der Waals surface area contributed by atoms with Gasteiger partial charge in [0.25, 0.3) is 0 Å². The molecule has 0 bridgehead atoms. The van der Waals surface area contributed by atoms with Crippen molar-refractivity contribution in [1.82, 2.24) is 28.9 Å². The molecule has 2 atom stereocenters. The van der Waals surface area contributed by atoms with Crippen LogP contribution in [0.3, 0.4) is 0 Å². The number of aromatic nitrogens is 5. The molecule has 0 spiro atoms. The van der Waals surface area contributed by atoms with Crippen LogP contribution in [0.15, 0.2) is 59.3 Å². The van der Waals surface area contributed by atoms with Crippen LogP contribution in [0.25, 0.3) is 22.7 Å². The Morgan fingerprint density at radius 3 is 2.86 bits per heavy atom. The number of halogens is 1. The molecular weight excluding hydrogens is 475 g/mol. The summed E-state index contributed by atoms with van der Waals surface area (Å²) in [5, 5.41) is 8.91. The zero-order chi connectivity index (χ0) is 25.7. The van der Waals surface area contributed by atoms with Crippen molar-refractivity contribution in [3.05, 3.63) is 66.4 Å². The van der Waals surface area contributed by atoms with Crippen molar-refractivity contribution in [2.24, 2.45) is 0 Å². The van der Waals surface area contributed by atoms with Gasteiger partial charge in [-0.15, -0.1) is 10.2 Å². The van der Waals surface area contributed by atoms with E-state index in [2.05, 4.69) is 10.2 Å². The first-order valence-corrected chi connectivity index (χ1v) is 12.6. The van der Waals surface area contributed by atoms with E-state index >= 15 is 0 Å². The number of allylic oxidation sites excluding steroid dienone is 4. The average Bonchev–Trinajstić information content (AvgIpc) is 3.57. The number of hydrogen-bond acceptors (Lipinski definition) is 6. The van der Waals surface area contributed by atoms with E-state index in [0.717, 1.165) is 41.3 Å². The molecule has 2 aliphatic rings. The fraction of sp³-hybridized carbons (Fsp3) is 0.407. The summed E-state index contributed by atoms with van der Waals surface area (Å²) in [6, 6.07) is 3.92. The Morgan fingerprint density at radius 1 is 1.22 bits per heavy atom. The lowest BCUT2D eigenvalue weighted by molar-refractivity contribution is 0.0195. The number of nitrogens with zero attached hydrogens (tertiary/aromatic N) is 6. The number of pyridine rings is 1. The molecule has 2 unspecified atom stereocenters. The minimum absolute atomic E-state index is 0.0276. The Bertz CT molecular complexity index is 1540. The summed E-state index contributed by atoms with van der Waals surface area (Å²) < 4.78 is 28.7. The van der Waals surface area contributed by atoms with Crippen LogP contribution in [0, 0.1) is 0 Å². The van der Waals surface area contributed by atoms with Crippen LogP contribution in [0.4, 0.5) is 9.18 Å². The number of ether oxygens (including phenoxy) is 1. The molecule has 37 heavy (non-hydrogen) atoms. The fourth-order valence-corrected chi connectivity index (χ4v) is 5.15. The largest absolute Gasteiger partial charge is 0.444 e. The van der Waals surface area contributed by atoms with Crippen molar-refractivity contribution in [3.63, 3.8) is 0 Å². The summed E-state index contributed by atoms with van der Waals surface area (Å²) in [7, 11) is 0. The summed E-state index contributed by atoms with van der Waals surface area (Å²) >= 11 is 0. The Kier molecular flexibility index (Phi) is 5.62. The normalized spacial score (nSPS) is 20.5. The highest BCUT2D eigenvalue weighted by molar-refractivity contribution is 5.69. The Labute approximate surface area is 213 Å². The fourth-order valence-electron chi connectivity index (χ4n) is 5.15. The maximum Gasteiger partial charge on any atom is 0.410 e. The second kappa shape index (κ2) is 8.86. The average molecular weight is 505 g/mol. The van der Waals surface area contributed by atoms with Gasteiger partial charge in [-0.1, -0.05) is 6.08 Å². The van der Waals surface area contributed by atoms with Crippen molar-refractivity contribution in [2.45, 2.75) is 57.5 Å². The van der Waals surface area contributed by atoms with Crippen LogP contribution in [-0.2, 0) is 4.74 Å². The van der Waals surface area contributed by atoms with Crippen LogP contribution in [-0.4, -0.2) is 53.7 Å². The monoisotopic (exact) mass is 504 g/mol. The van der Waals surface area contributed by atoms with Gasteiger partial charge < -0.3 is 14.1 Å². The third-order valence-electron chi connectivity index (χ3n) is 6.84. The lowest BCUT2D eigenvalue weighted by Crippen LogP contribution is -2.42. The molecule has 0 aromatic carbocycles. The third kappa shape index (κ3) is 4.41. The molecule has 1 aliphatic heterocycles. The lowest BCUT2D eigenvalue weighted by atomic mass is 9.94. The summed E-state index contributed by atoms with van der Waals surface area (Å²) in [5.41, 5.74) is 2.80. The van der Waals surface area contributed by atoms with Gasteiger partial charge in [0.05, 0.1) is 11.4 Å². The van der Waals surface area contributed by atoms with E-state index in [0.29, 0.717) is 25.4 Å². The Balaban J connectivity index is 1.36. The first-order valence-electron chi connectivity index (χ1n) is 12.6. The molecule has 0 N–H and O–H groups in total. The number of fused-ring (bicyclic) bond motifs is 2. The van der Waals surface area contributed by atoms with E-state index in [1.54, 1.807) is 17.2 Å². The summed E-state index contributed by atoms with van der Waals surface area (Å²) in [5.74, 6) is 1.02. The van der Waals surface area contributed by atoms with Gasteiger partial charge in [-0.2, -0.15) is 4.98 Å². The number of rotatable bonds is 3. The minimum Gasteiger partial charge on any atom is -0.444 e. The number of imidazole rings is 1. The van der Waals surface area contributed by atoms with Gasteiger partial charge in [0.2, 0.25) is 0 Å². The molecule has 0 saturated carbocycles. The molecule has 1 saturated heterocycles. The molecule has 6 rings (SSSR count). The molecular formula is C27H29FN6O3. The van der Waals surface area contributed by atoms with Crippen LogP contribution < -0.4 is 0 Å². The molecule has 192 valence electrons. The van der Waals surface area contributed by atoms with Crippen molar-refractivity contribution in [2.75, 3.05) is 13.1 Å². The summed E-state index contributed by atoms with van der Waals surface area (Å²) in [4.78, 5) is 19.2. The molecule has 1 fully saturated rings. The standard InChI is InChI=1S/C27H29FN6O3/c1-27(2,3)37-26(35)32-12-4-5-19(15-32)24-31-30-21-11-8-18(16-34(21)24)23-22(17-6-9-20(28)10-7-17)29-25-33(23)13-14-36-25/h6,8-11,13-14,16-17,19H,4-5,7,12,15H2,1-3H3. The van der Waals surface area contributed by atoms with Gasteiger partial charge in [-0.3, -0.25) is 8.80 Å². The predicted octanol–water partition coefficient (Wildman–Crippen LogP) is 5.65. The van der Waals surface area contributed by atoms with E-state index in [1.165, 1.54) is 6.08 Å². The highest BCUT2D eigenvalue weighted by Crippen LogP contribution is 2.36. The number of carbonyl (C=O) groups is 1. The highest BCUT2D eigenvalue weighted by Gasteiger charge is 2.31. The third-order valence-corrected chi connectivity index (χ3v) is 6.84. The second-order valence-corrected chi connectivity index (χ2v) is 10.7. The number of piperidine rings is 1. The van der Waals surface area contributed by atoms with Crippen LogP contribution in [0.1, 0.15) is 63.4 Å². The van der Waals surface area contributed by atoms with Crippen molar-refractivity contribution in [1.29, 1.82) is 0 Å².